The molecule has 0 spiro atoms. The van der Waals surface area contributed by atoms with Gasteiger partial charge < -0.3 is 9.84 Å². The van der Waals surface area contributed by atoms with Crippen molar-refractivity contribution in [3.63, 3.8) is 0 Å². The van der Waals surface area contributed by atoms with Gasteiger partial charge in [-0.1, -0.05) is 40.1 Å². The van der Waals surface area contributed by atoms with Crippen LogP contribution < -0.4 is 5.32 Å². The van der Waals surface area contributed by atoms with Gasteiger partial charge in [0.1, 0.15) is 0 Å². The average molecular weight is 296 g/mol. The van der Waals surface area contributed by atoms with Crippen LogP contribution in [-0.4, -0.2) is 16.7 Å². The molecule has 0 atom stereocenters. The van der Waals surface area contributed by atoms with E-state index in [2.05, 4.69) is 38.3 Å². The molecule has 2 aromatic rings. The summed E-state index contributed by atoms with van der Waals surface area (Å²) in [4.78, 5) is 4.34. The van der Waals surface area contributed by atoms with E-state index in [0.29, 0.717) is 18.3 Å². The highest BCUT2D eigenvalue weighted by Crippen LogP contribution is 2.25. The van der Waals surface area contributed by atoms with Gasteiger partial charge in [0.2, 0.25) is 11.7 Å². The molecule has 0 saturated carbocycles. The lowest BCUT2D eigenvalue weighted by Crippen LogP contribution is -2.13. The smallest absolute Gasteiger partial charge is 0.240 e. The Kier molecular flexibility index (Phi) is 4.28. The first-order valence-electron chi connectivity index (χ1n) is 5.59. The monoisotopic (exact) mass is 295 g/mol. The van der Waals surface area contributed by atoms with Crippen molar-refractivity contribution in [2.24, 2.45) is 0 Å². The molecule has 2 rings (SSSR count). The topological polar surface area (TPSA) is 51.0 Å². The minimum Gasteiger partial charge on any atom is -0.338 e. The standard InChI is InChI=1S/C12H14BrN3O/c1-2-7-14-8-11-15-12(16-17-11)9-5-3-4-6-10(9)13/h3-6,14H,2,7-8H2,1H3. The highest BCUT2D eigenvalue weighted by atomic mass is 79.9. The lowest BCUT2D eigenvalue weighted by molar-refractivity contribution is 0.368. The molecule has 4 nitrogen and oxygen atoms in total. The Bertz CT molecular complexity index is 484. The first kappa shape index (κ1) is 12.3. The fourth-order valence-corrected chi connectivity index (χ4v) is 1.91. The predicted molar refractivity (Wildman–Crippen MR) is 69.4 cm³/mol. The lowest BCUT2D eigenvalue weighted by atomic mass is 10.2. The molecule has 17 heavy (non-hydrogen) atoms. The van der Waals surface area contributed by atoms with Gasteiger partial charge in [0.05, 0.1) is 6.54 Å². The highest BCUT2D eigenvalue weighted by Gasteiger charge is 2.10. The van der Waals surface area contributed by atoms with Crippen LogP contribution in [0.4, 0.5) is 0 Å². The molecule has 1 aromatic heterocycles. The van der Waals surface area contributed by atoms with Crippen molar-refractivity contribution >= 4 is 15.9 Å². The molecule has 0 saturated heterocycles. The zero-order valence-electron chi connectivity index (χ0n) is 9.61. The molecule has 0 aliphatic heterocycles. The minimum absolute atomic E-state index is 0.615. The highest BCUT2D eigenvalue weighted by molar-refractivity contribution is 9.10. The first-order valence-corrected chi connectivity index (χ1v) is 6.38. The molecular weight excluding hydrogens is 282 g/mol. The number of hydrogen-bond donors (Lipinski definition) is 1. The van der Waals surface area contributed by atoms with Gasteiger partial charge in [0.15, 0.2) is 0 Å². The molecule has 0 aliphatic carbocycles. The molecule has 1 aromatic carbocycles. The van der Waals surface area contributed by atoms with Crippen molar-refractivity contribution in [1.82, 2.24) is 15.5 Å². The molecule has 1 heterocycles. The number of nitrogens with zero attached hydrogens (tertiary/aromatic N) is 2. The number of benzene rings is 1. The van der Waals surface area contributed by atoms with Crippen molar-refractivity contribution in [3.8, 4) is 11.4 Å². The van der Waals surface area contributed by atoms with Gasteiger partial charge in [-0.05, 0) is 25.1 Å². The SMILES string of the molecule is CCCNCc1nc(-c2ccccc2Br)no1. The van der Waals surface area contributed by atoms with Gasteiger partial charge >= 0.3 is 0 Å². The Morgan fingerprint density at radius 2 is 2.18 bits per heavy atom. The van der Waals surface area contributed by atoms with Crippen molar-refractivity contribution in [3.05, 3.63) is 34.6 Å². The second-order valence-electron chi connectivity index (χ2n) is 3.67. The Balaban J connectivity index is 2.10. The molecule has 0 amide bonds. The summed E-state index contributed by atoms with van der Waals surface area (Å²) >= 11 is 3.47. The Morgan fingerprint density at radius 3 is 2.94 bits per heavy atom. The summed E-state index contributed by atoms with van der Waals surface area (Å²) in [5.41, 5.74) is 0.943. The largest absolute Gasteiger partial charge is 0.338 e. The van der Waals surface area contributed by atoms with Crippen LogP contribution >= 0.6 is 15.9 Å². The van der Waals surface area contributed by atoms with Crippen molar-refractivity contribution in [2.45, 2.75) is 19.9 Å². The van der Waals surface area contributed by atoms with E-state index >= 15 is 0 Å². The number of aromatic nitrogens is 2. The molecule has 0 bridgehead atoms. The van der Waals surface area contributed by atoms with Crippen molar-refractivity contribution < 1.29 is 4.52 Å². The third kappa shape index (κ3) is 3.14. The van der Waals surface area contributed by atoms with E-state index in [1.165, 1.54) is 0 Å². The van der Waals surface area contributed by atoms with E-state index in [1.54, 1.807) is 0 Å². The minimum atomic E-state index is 0.615. The van der Waals surface area contributed by atoms with Crippen LogP contribution in [0.3, 0.4) is 0 Å². The Hall–Kier alpha value is -1.20. The zero-order valence-corrected chi connectivity index (χ0v) is 11.2. The molecule has 1 N–H and O–H groups in total. The summed E-state index contributed by atoms with van der Waals surface area (Å²) in [7, 11) is 0. The van der Waals surface area contributed by atoms with Gasteiger partial charge in [-0.25, -0.2) is 0 Å². The maximum Gasteiger partial charge on any atom is 0.240 e. The van der Waals surface area contributed by atoms with E-state index in [1.807, 2.05) is 24.3 Å². The second-order valence-corrected chi connectivity index (χ2v) is 4.52. The Morgan fingerprint density at radius 1 is 1.35 bits per heavy atom. The summed E-state index contributed by atoms with van der Waals surface area (Å²) in [6, 6.07) is 7.82. The Labute approximate surface area is 109 Å². The molecule has 5 heteroatoms. The van der Waals surface area contributed by atoms with Gasteiger partial charge in [0.25, 0.3) is 0 Å². The van der Waals surface area contributed by atoms with Crippen LogP contribution in [-0.2, 0) is 6.54 Å². The maximum atomic E-state index is 5.18. The molecule has 90 valence electrons. The van der Waals surface area contributed by atoms with Crippen molar-refractivity contribution in [2.75, 3.05) is 6.54 Å². The predicted octanol–water partition coefficient (Wildman–Crippen LogP) is 3.00. The number of hydrogen-bond acceptors (Lipinski definition) is 4. The van der Waals surface area contributed by atoms with Gasteiger partial charge in [0, 0.05) is 10.0 Å². The van der Waals surface area contributed by atoms with E-state index in [0.717, 1.165) is 23.0 Å². The number of nitrogens with one attached hydrogen (secondary N) is 1. The van der Waals surface area contributed by atoms with E-state index in [4.69, 9.17) is 4.52 Å². The van der Waals surface area contributed by atoms with Gasteiger partial charge in [-0.2, -0.15) is 4.98 Å². The van der Waals surface area contributed by atoms with Crippen molar-refractivity contribution in [1.29, 1.82) is 0 Å². The van der Waals surface area contributed by atoms with Crippen LogP contribution in [0.25, 0.3) is 11.4 Å². The normalized spacial score (nSPS) is 10.7. The molecule has 0 radical (unpaired) electrons. The molecule has 0 aliphatic rings. The quantitative estimate of drug-likeness (QED) is 0.862. The first-order chi connectivity index (χ1) is 8.31. The molecule has 0 unspecified atom stereocenters. The van der Waals surface area contributed by atoms with E-state index in [-0.39, 0.29) is 0 Å². The van der Waals surface area contributed by atoms with E-state index in [9.17, 15) is 0 Å². The van der Waals surface area contributed by atoms with Crippen LogP contribution in [0.2, 0.25) is 0 Å². The van der Waals surface area contributed by atoms with Crippen LogP contribution in [0.5, 0.6) is 0 Å². The fourth-order valence-electron chi connectivity index (χ4n) is 1.45. The third-order valence-corrected chi connectivity index (χ3v) is 2.98. The second kappa shape index (κ2) is 5.93. The fraction of sp³-hybridized carbons (Fsp3) is 0.333. The molecular formula is C12H14BrN3O. The average Bonchev–Trinajstić information content (AvgIpc) is 2.79. The van der Waals surface area contributed by atoms with Crippen LogP contribution in [0, 0.1) is 0 Å². The maximum absolute atomic E-state index is 5.18. The van der Waals surface area contributed by atoms with Crippen LogP contribution in [0.1, 0.15) is 19.2 Å². The lowest BCUT2D eigenvalue weighted by Gasteiger charge is -1.97. The van der Waals surface area contributed by atoms with E-state index < -0.39 is 0 Å². The summed E-state index contributed by atoms with van der Waals surface area (Å²) in [5, 5.41) is 7.19. The van der Waals surface area contributed by atoms with Gasteiger partial charge in [-0.15, -0.1) is 0 Å². The van der Waals surface area contributed by atoms with Crippen LogP contribution in [0.15, 0.2) is 33.3 Å². The number of rotatable bonds is 5. The zero-order chi connectivity index (χ0) is 12.1. The summed E-state index contributed by atoms with van der Waals surface area (Å²) in [6.07, 6.45) is 1.09. The molecule has 0 fully saturated rings. The number of halogens is 1. The third-order valence-electron chi connectivity index (χ3n) is 2.29. The summed E-state index contributed by atoms with van der Waals surface area (Å²) in [6.45, 7) is 3.69. The van der Waals surface area contributed by atoms with Gasteiger partial charge in [-0.3, -0.25) is 0 Å². The summed E-state index contributed by atoms with van der Waals surface area (Å²) < 4.78 is 6.14. The summed E-state index contributed by atoms with van der Waals surface area (Å²) in [5.74, 6) is 1.23.